The van der Waals surface area contributed by atoms with Crippen LogP contribution in [0.4, 0.5) is 11.4 Å². The van der Waals surface area contributed by atoms with Crippen LogP contribution in [0.2, 0.25) is 0 Å². The minimum absolute atomic E-state index is 0.0391. The van der Waals surface area contributed by atoms with E-state index in [2.05, 4.69) is 5.32 Å². The topological polar surface area (TPSA) is 98.3 Å². The number of nitrogens with two attached hydrogens (primary N) is 1. The Morgan fingerprint density at radius 1 is 1.56 bits per heavy atom. The number of nitro benzene ring substituents is 1. The lowest BCUT2D eigenvalue weighted by Crippen LogP contribution is -2.20. The van der Waals surface area contributed by atoms with Gasteiger partial charge in [-0.15, -0.1) is 0 Å². The van der Waals surface area contributed by atoms with Crippen LogP contribution in [0, 0.1) is 23.0 Å². The van der Waals surface area contributed by atoms with Crippen LogP contribution >= 0.6 is 0 Å². The van der Waals surface area contributed by atoms with Crippen molar-refractivity contribution in [2.24, 2.45) is 11.7 Å². The smallest absolute Gasteiger partial charge is 0.271 e. The fourth-order valence-corrected chi connectivity index (χ4v) is 1.46. The van der Waals surface area contributed by atoms with Crippen molar-refractivity contribution in [2.75, 3.05) is 11.9 Å². The molecule has 0 aliphatic carbocycles. The van der Waals surface area contributed by atoms with Crippen molar-refractivity contribution < 1.29 is 9.72 Å². The summed E-state index contributed by atoms with van der Waals surface area (Å²) in [4.78, 5) is 21.8. The zero-order valence-electron chi connectivity index (χ0n) is 10.5. The third-order valence-corrected chi connectivity index (χ3v) is 2.64. The molecule has 1 atom stereocenters. The van der Waals surface area contributed by atoms with Gasteiger partial charge in [0.05, 0.1) is 10.6 Å². The molecule has 0 radical (unpaired) electrons. The first-order valence-electron chi connectivity index (χ1n) is 5.69. The molecule has 0 fully saturated rings. The quantitative estimate of drug-likeness (QED) is 0.616. The fraction of sp³-hybridized carbons (Fsp3) is 0.417. The lowest BCUT2D eigenvalue weighted by Gasteiger charge is -2.10. The largest absolute Gasteiger partial charge is 0.330 e. The molecule has 1 amide bonds. The number of anilines is 1. The first kappa shape index (κ1) is 14.1. The van der Waals surface area contributed by atoms with Gasteiger partial charge in [0.1, 0.15) is 0 Å². The van der Waals surface area contributed by atoms with Crippen molar-refractivity contribution in [2.45, 2.75) is 20.3 Å². The summed E-state index contributed by atoms with van der Waals surface area (Å²) < 4.78 is 0. The molecular weight excluding hydrogens is 234 g/mol. The second-order valence-electron chi connectivity index (χ2n) is 4.35. The van der Waals surface area contributed by atoms with Crippen LogP contribution in [0.5, 0.6) is 0 Å². The third-order valence-electron chi connectivity index (χ3n) is 2.64. The monoisotopic (exact) mass is 251 g/mol. The Hall–Kier alpha value is -1.95. The molecule has 0 saturated carbocycles. The van der Waals surface area contributed by atoms with Crippen LogP contribution in [0.25, 0.3) is 0 Å². The molecular formula is C12H17N3O3. The molecule has 6 nitrogen and oxygen atoms in total. The lowest BCUT2D eigenvalue weighted by atomic mass is 10.1. The SMILES string of the molecule is Cc1ccc([N+](=O)[O-])cc1NC(=O)CC(C)CN. The van der Waals surface area contributed by atoms with Gasteiger partial charge < -0.3 is 11.1 Å². The van der Waals surface area contributed by atoms with Gasteiger partial charge in [-0.25, -0.2) is 0 Å². The summed E-state index contributed by atoms with van der Waals surface area (Å²) in [5.41, 5.74) is 6.66. The maximum atomic E-state index is 11.7. The summed E-state index contributed by atoms with van der Waals surface area (Å²) >= 11 is 0. The number of aryl methyl sites for hydroxylation is 1. The Morgan fingerprint density at radius 2 is 2.22 bits per heavy atom. The van der Waals surface area contributed by atoms with E-state index in [9.17, 15) is 14.9 Å². The van der Waals surface area contributed by atoms with Gasteiger partial charge in [-0.2, -0.15) is 0 Å². The standard InChI is InChI=1S/C12H17N3O3/c1-8(7-13)5-12(16)14-11-6-10(15(17)18)4-3-9(11)2/h3-4,6,8H,5,7,13H2,1-2H3,(H,14,16). The number of hydrogen-bond donors (Lipinski definition) is 2. The second-order valence-corrected chi connectivity index (χ2v) is 4.35. The van der Waals surface area contributed by atoms with Gasteiger partial charge in [0.15, 0.2) is 0 Å². The zero-order valence-corrected chi connectivity index (χ0v) is 10.5. The molecule has 0 aromatic heterocycles. The van der Waals surface area contributed by atoms with E-state index in [4.69, 9.17) is 5.73 Å². The van der Waals surface area contributed by atoms with Gasteiger partial charge in [-0.05, 0) is 24.9 Å². The lowest BCUT2D eigenvalue weighted by molar-refractivity contribution is -0.384. The van der Waals surface area contributed by atoms with E-state index >= 15 is 0 Å². The number of amides is 1. The summed E-state index contributed by atoms with van der Waals surface area (Å²) in [6, 6.07) is 4.38. The van der Waals surface area contributed by atoms with Crippen molar-refractivity contribution in [3.63, 3.8) is 0 Å². The Bertz CT molecular complexity index is 460. The first-order chi connectivity index (χ1) is 8.43. The predicted molar refractivity (Wildman–Crippen MR) is 69.3 cm³/mol. The van der Waals surface area contributed by atoms with Crippen LogP contribution < -0.4 is 11.1 Å². The van der Waals surface area contributed by atoms with Gasteiger partial charge in [0.25, 0.3) is 5.69 Å². The highest BCUT2D eigenvalue weighted by molar-refractivity contribution is 5.92. The normalized spacial score (nSPS) is 11.9. The molecule has 1 aromatic rings. The summed E-state index contributed by atoms with van der Waals surface area (Å²) in [5, 5.41) is 13.3. The van der Waals surface area contributed by atoms with E-state index in [0.717, 1.165) is 5.56 Å². The number of nitrogens with one attached hydrogen (secondary N) is 1. The summed E-state index contributed by atoms with van der Waals surface area (Å²) in [7, 11) is 0. The highest BCUT2D eigenvalue weighted by Gasteiger charge is 2.12. The molecule has 18 heavy (non-hydrogen) atoms. The molecule has 0 bridgehead atoms. The van der Waals surface area contributed by atoms with E-state index in [-0.39, 0.29) is 17.5 Å². The molecule has 0 heterocycles. The van der Waals surface area contributed by atoms with Gasteiger partial charge >= 0.3 is 0 Å². The number of non-ortho nitro benzene ring substituents is 1. The molecule has 98 valence electrons. The van der Waals surface area contributed by atoms with Gasteiger partial charge in [0.2, 0.25) is 5.91 Å². The summed E-state index contributed by atoms with van der Waals surface area (Å²) in [6.07, 6.45) is 0.304. The van der Waals surface area contributed by atoms with Gasteiger partial charge in [-0.3, -0.25) is 14.9 Å². The van der Waals surface area contributed by atoms with Crippen LogP contribution in [0.15, 0.2) is 18.2 Å². The Morgan fingerprint density at radius 3 is 2.78 bits per heavy atom. The van der Waals surface area contributed by atoms with Gasteiger partial charge in [0, 0.05) is 18.6 Å². The Labute approximate surface area is 105 Å². The fourth-order valence-electron chi connectivity index (χ4n) is 1.46. The molecule has 3 N–H and O–H groups in total. The molecule has 0 spiro atoms. The van der Waals surface area contributed by atoms with E-state index in [1.54, 1.807) is 13.0 Å². The first-order valence-corrected chi connectivity index (χ1v) is 5.69. The van der Waals surface area contributed by atoms with Crippen LogP contribution in [0.1, 0.15) is 18.9 Å². The Kier molecular flexibility index (Phi) is 4.79. The van der Waals surface area contributed by atoms with Crippen LogP contribution in [0.3, 0.4) is 0 Å². The van der Waals surface area contributed by atoms with Crippen molar-refractivity contribution in [3.05, 3.63) is 33.9 Å². The molecule has 1 rings (SSSR count). The number of nitrogens with zero attached hydrogens (tertiary/aromatic N) is 1. The number of rotatable bonds is 5. The number of carbonyl (C=O) groups is 1. The van der Waals surface area contributed by atoms with Gasteiger partial charge in [-0.1, -0.05) is 13.0 Å². The zero-order chi connectivity index (χ0) is 13.7. The molecule has 1 unspecified atom stereocenters. The van der Waals surface area contributed by atoms with Crippen LogP contribution in [-0.4, -0.2) is 17.4 Å². The van der Waals surface area contributed by atoms with Crippen molar-refractivity contribution in [3.8, 4) is 0 Å². The maximum Gasteiger partial charge on any atom is 0.271 e. The van der Waals surface area contributed by atoms with E-state index < -0.39 is 4.92 Å². The maximum absolute atomic E-state index is 11.7. The minimum Gasteiger partial charge on any atom is -0.330 e. The van der Waals surface area contributed by atoms with Crippen molar-refractivity contribution in [1.82, 2.24) is 0 Å². The average Bonchev–Trinajstić information content (AvgIpc) is 2.31. The summed E-state index contributed by atoms with van der Waals surface area (Å²) in [5.74, 6) is -0.0967. The third kappa shape index (κ3) is 3.81. The van der Waals surface area contributed by atoms with E-state index in [1.807, 2.05) is 6.92 Å². The molecule has 6 heteroatoms. The molecule has 0 saturated heterocycles. The number of benzene rings is 1. The van der Waals surface area contributed by atoms with E-state index in [1.165, 1.54) is 12.1 Å². The highest BCUT2D eigenvalue weighted by atomic mass is 16.6. The highest BCUT2D eigenvalue weighted by Crippen LogP contribution is 2.22. The average molecular weight is 251 g/mol. The second kappa shape index (κ2) is 6.11. The minimum atomic E-state index is -0.488. The number of hydrogen-bond acceptors (Lipinski definition) is 4. The van der Waals surface area contributed by atoms with Crippen LogP contribution in [-0.2, 0) is 4.79 Å². The molecule has 1 aromatic carbocycles. The number of nitro groups is 1. The molecule has 0 aliphatic heterocycles. The predicted octanol–water partition coefficient (Wildman–Crippen LogP) is 1.83. The van der Waals surface area contributed by atoms with E-state index in [0.29, 0.717) is 18.7 Å². The molecule has 0 aliphatic rings. The number of carbonyl (C=O) groups excluding carboxylic acids is 1. The van der Waals surface area contributed by atoms with Crippen molar-refractivity contribution >= 4 is 17.3 Å². The van der Waals surface area contributed by atoms with Crippen molar-refractivity contribution in [1.29, 1.82) is 0 Å². The summed E-state index contributed by atoms with van der Waals surface area (Å²) in [6.45, 7) is 4.09. The Balaban J connectivity index is 2.80.